The molecule has 0 spiro atoms. The quantitative estimate of drug-likeness (QED) is 0.639. The molecule has 3 aromatic heterocycles. The third-order valence-corrected chi connectivity index (χ3v) is 6.86. The lowest BCUT2D eigenvalue weighted by Gasteiger charge is -2.33. The second-order valence-corrected chi connectivity index (χ2v) is 8.96. The molecule has 6 nitrogen and oxygen atoms in total. The number of pyridine rings is 1. The Labute approximate surface area is 177 Å². The van der Waals surface area contributed by atoms with Crippen LogP contribution in [0.2, 0.25) is 0 Å². The van der Waals surface area contributed by atoms with E-state index in [2.05, 4.69) is 35.5 Å². The number of ether oxygens (including phenoxy) is 1. The molecule has 1 aliphatic heterocycles. The van der Waals surface area contributed by atoms with Crippen molar-refractivity contribution in [1.82, 2.24) is 24.1 Å². The number of hydrogen-bond donors (Lipinski definition) is 2. The lowest BCUT2D eigenvalue weighted by Crippen LogP contribution is -2.43. The van der Waals surface area contributed by atoms with Gasteiger partial charge < -0.3 is 10.1 Å². The number of hydrogen-bond acceptors (Lipinski definition) is 5. The third kappa shape index (κ3) is 3.96. The Morgan fingerprint density at radius 2 is 1.79 bits per heavy atom. The van der Waals surface area contributed by atoms with Crippen LogP contribution in [0, 0.1) is 0 Å². The van der Waals surface area contributed by atoms with Crippen LogP contribution >= 0.6 is 12.8 Å². The molecule has 2 fully saturated rings. The molecule has 1 saturated heterocycles. The summed E-state index contributed by atoms with van der Waals surface area (Å²) in [5.74, 6) is 0.588. The van der Waals surface area contributed by atoms with Crippen molar-refractivity contribution in [2.75, 3.05) is 13.2 Å². The first-order chi connectivity index (χ1) is 14.2. The minimum absolute atomic E-state index is 0.588. The van der Waals surface area contributed by atoms with Gasteiger partial charge in [-0.1, -0.05) is 12.8 Å². The van der Waals surface area contributed by atoms with Crippen LogP contribution in [-0.4, -0.2) is 44.0 Å². The SMILES string of the molecule is Cn1cc(-c2cn(S)c3ncc([C@H]4CC[C@@H](NC5CCOCC5)CC4)cc23)cn1. The molecule has 154 valence electrons. The van der Waals surface area contributed by atoms with E-state index in [4.69, 9.17) is 9.72 Å². The summed E-state index contributed by atoms with van der Waals surface area (Å²) in [6.07, 6.45) is 15.3. The zero-order valence-electron chi connectivity index (χ0n) is 16.9. The molecule has 0 bridgehead atoms. The van der Waals surface area contributed by atoms with E-state index < -0.39 is 0 Å². The Morgan fingerprint density at radius 1 is 1.03 bits per heavy atom. The predicted molar refractivity (Wildman–Crippen MR) is 118 cm³/mol. The second-order valence-electron chi connectivity index (χ2n) is 8.53. The number of fused-ring (bicyclic) bond motifs is 1. The van der Waals surface area contributed by atoms with Gasteiger partial charge in [-0.25, -0.2) is 4.98 Å². The molecule has 1 aliphatic carbocycles. The average molecular weight is 412 g/mol. The summed E-state index contributed by atoms with van der Waals surface area (Å²) in [6.45, 7) is 1.81. The topological polar surface area (TPSA) is 56.9 Å². The lowest BCUT2D eigenvalue weighted by atomic mass is 9.81. The van der Waals surface area contributed by atoms with E-state index in [9.17, 15) is 0 Å². The summed E-state index contributed by atoms with van der Waals surface area (Å²) in [7, 11) is 1.94. The van der Waals surface area contributed by atoms with Gasteiger partial charge in [0.05, 0.1) is 6.20 Å². The third-order valence-electron chi connectivity index (χ3n) is 6.55. The fourth-order valence-electron chi connectivity index (χ4n) is 4.91. The molecule has 4 heterocycles. The Balaban J connectivity index is 1.32. The molecular weight excluding hydrogens is 382 g/mol. The first-order valence-corrected chi connectivity index (χ1v) is 11.1. The van der Waals surface area contributed by atoms with Crippen LogP contribution < -0.4 is 5.32 Å². The molecule has 0 amide bonds. The number of rotatable bonds is 4. The Kier molecular flexibility index (Phi) is 5.37. The maximum absolute atomic E-state index is 5.48. The van der Waals surface area contributed by atoms with Crippen molar-refractivity contribution in [3.63, 3.8) is 0 Å². The zero-order valence-corrected chi connectivity index (χ0v) is 17.8. The first kappa shape index (κ1) is 19.2. The number of nitrogens with zero attached hydrogens (tertiary/aromatic N) is 4. The van der Waals surface area contributed by atoms with Crippen LogP contribution in [0.15, 0.2) is 30.9 Å². The average Bonchev–Trinajstić information content (AvgIpc) is 3.32. The summed E-state index contributed by atoms with van der Waals surface area (Å²) < 4.78 is 9.13. The standard InChI is InChI=1S/C22H29N5OS/c1-26-13-17(12-24-26)21-14-27(29)22-20(21)10-16(11-23-22)15-2-4-18(5-3-15)25-19-6-8-28-9-7-19/h10-15,18-19,25,29H,2-9H2,1H3/t15-,18+. The summed E-state index contributed by atoms with van der Waals surface area (Å²) in [6, 6.07) is 3.62. The van der Waals surface area contributed by atoms with Gasteiger partial charge in [-0.3, -0.25) is 8.65 Å². The van der Waals surface area contributed by atoms with E-state index >= 15 is 0 Å². The molecule has 29 heavy (non-hydrogen) atoms. The van der Waals surface area contributed by atoms with Gasteiger partial charge >= 0.3 is 0 Å². The minimum Gasteiger partial charge on any atom is -0.381 e. The van der Waals surface area contributed by atoms with Crippen molar-refractivity contribution >= 4 is 23.8 Å². The van der Waals surface area contributed by atoms with Gasteiger partial charge in [0.2, 0.25) is 0 Å². The van der Waals surface area contributed by atoms with Crippen molar-refractivity contribution in [3.8, 4) is 11.1 Å². The van der Waals surface area contributed by atoms with Crippen LogP contribution in [0.1, 0.15) is 50.0 Å². The van der Waals surface area contributed by atoms with Gasteiger partial charge in [0.15, 0.2) is 0 Å². The first-order valence-electron chi connectivity index (χ1n) is 10.7. The van der Waals surface area contributed by atoms with E-state index in [1.165, 1.54) is 31.2 Å². The number of nitrogens with one attached hydrogen (secondary N) is 1. The molecular formula is C22H29N5OS. The van der Waals surface area contributed by atoms with Crippen molar-refractivity contribution in [3.05, 3.63) is 36.4 Å². The molecule has 0 atom stereocenters. The van der Waals surface area contributed by atoms with Gasteiger partial charge in [-0.05, 0) is 56.1 Å². The lowest BCUT2D eigenvalue weighted by molar-refractivity contribution is 0.0729. The van der Waals surface area contributed by atoms with Gasteiger partial charge in [0.1, 0.15) is 5.65 Å². The van der Waals surface area contributed by atoms with E-state index in [1.54, 1.807) is 0 Å². The Bertz CT molecular complexity index is 982. The minimum atomic E-state index is 0.588. The summed E-state index contributed by atoms with van der Waals surface area (Å²) in [5, 5.41) is 9.36. The highest BCUT2D eigenvalue weighted by molar-refractivity contribution is 7.78. The Hall–Kier alpha value is -1.83. The van der Waals surface area contributed by atoms with Gasteiger partial charge in [-0.2, -0.15) is 5.10 Å². The fourth-order valence-corrected chi connectivity index (χ4v) is 5.19. The molecule has 0 unspecified atom stereocenters. The smallest absolute Gasteiger partial charge is 0.150 e. The van der Waals surface area contributed by atoms with Crippen LogP contribution in [0.5, 0.6) is 0 Å². The molecule has 0 radical (unpaired) electrons. The molecule has 5 rings (SSSR count). The highest BCUT2D eigenvalue weighted by Crippen LogP contribution is 2.37. The maximum Gasteiger partial charge on any atom is 0.150 e. The molecule has 1 saturated carbocycles. The summed E-state index contributed by atoms with van der Waals surface area (Å²) in [4.78, 5) is 4.75. The van der Waals surface area contributed by atoms with Crippen molar-refractivity contribution in [2.45, 2.75) is 56.5 Å². The van der Waals surface area contributed by atoms with E-state index in [-0.39, 0.29) is 0 Å². The van der Waals surface area contributed by atoms with E-state index in [1.807, 2.05) is 34.3 Å². The van der Waals surface area contributed by atoms with E-state index in [0.717, 1.165) is 48.2 Å². The highest BCUT2D eigenvalue weighted by atomic mass is 32.1. The molecule has 3 aromatic rings. The number of aromatic nitrogens is 4. The second kappa shape index (κ2) is 8.13. The van der Waals surface area contributed by atoms with Crippen LogP contribution in [-0.2, 0) is 11.8 Å². The van der Waals surface area contributed by atoms with Crippen LogP contribution in [0.3, 0.4) is 0 Å². The highest BCUT2D eigenvalue weighted by Gasteiger charge is 2.26. The molecule has 1 N–H and O–H groups in total. The summed E-state index contributed by atoms with van der Waals surface area (Å²) >= 11 is 4.57. The van der Waals surface area contributed by atoms with Crippen LogP contribution in [0.25, 0.3) is 22.2 Å². The van der Waals surface area contributed by atoms with Crippen molar-refractivity contribution in [1.29, 1.82) is 0 Å². The summed E-state index contributed by atoms with van der Waals surface area (Å²) in [5.41, 5.74) is 4.51. The zero-order chi connectivity index (χ0) is 19.8. The molecule has 0 aromatic carbocycles. The van der Waals surface area contributed by atoms with Gasteiger partial charge in [0, 0.05) is 67.4 Å². The number of thiol groups is 1. The number of aryl methyl sites for hydroxylation is 1. The maximum atomic E-state index is 5.48. The fraction of sp³-hybridized carbons (Fsp3) is 0.545. The monoisotopic (exact) mass is 411 g/mol. The Morgan fingerprint density at radius 3 is 2.52 bits per heavy atom. The normalized spacial score (nSPS) is 23.7. The predicted octanol–water partition coefficient (Wildman–Crippen LogP) is 3.92. The van der Waals surface area contributed by atoms with Crippen molar-refractivity contribution in [2.24, 2.45) is 7.05 Å². The van der Waals surface area contributed by atoms with Crippen LogP contribution in [0.4, 0.5) is 0 Å². The molecule has 7 heteroatoms. The molecule has 2 aliphatic rings. The van der Waals surface area contributed by atoms with Gasteiger partial charge in [0.25, 0.3) is 0 Å². The van der Waals surface area contributed by atoms with E-state index in [0.29, 0.717) is 18.0 Å². The van der Waals surface area contributed by atoms with Gasteiger partial charge in [-0.15, -0.1) is 0 Å². The largest absolute Gasteiger partial charge is 0.381 e. The van der Waals surface area contributed by atoms with Crippen molar-refractivity contribution < 1.29 is 4.74 Å².